The highest BCUT2D eigenvalue weighted by molar-refractivity contribution is 5.79. The van der Waals surface area contributed by atoms with Crippen molar-refractivity contribution in [2.24, 2.45) is 5.92 Å². The van der Waals surface area contributed by atoms with Gasteiger partial charge in [0, 0.05) is 13.1 Å². The Balaban J connectivity index is 1.76. The first-order valence-electron chi connectivity index (χ1n) is 7.08. The summed E-state index contributed by atoms with van der Waals surface area (Å²) < 4.78 is 0. The zero-order valence-electron chi connectivity index (χ0n) is 11.8. The number of rotatable bonds is 6. The Labute approximate surface area is 114 Å². The van der Waals surface area contributed by atoms with Gasteiger partial charge in [0.15, 0.2) is 0 Å². The van der Waals surface area contributed by atoms with Crippen molar-refractivity contribution < 1.29 is 9.90 Å². The fourth-order valence-electron chi connectivity index (χ4n) is 2.94. The number of carbonyl (C=O) groups is 1. The highest BCUT2D eigenvalue weighted by Crippen LogP contribution is 2.39. The Morgan fingerprint density at radius 2 is 2.21 bits per heavy atom. The van der Waals surface area contributed by atoms with Gasteiger partial charge in [-0.2, -0.15) is 5.26 Å². The quantitative estimate of drug-likeness (QED) is 0.739. The van der Waals surface area contributed by atoms with E-state index in [4.69, 9.17) is 0 Å². The SMILES string of the molecule is CCCC1(O)CN(CC(=O)NC(C)(C#N)C2CC2)C1. The summed E-state index contributed by atoms with van der Waals surface area (Å²) in [6.07, 6.45) is 3.77. The molecule has 2 aliphatic rings. The van der Waals surface area contributed by atoms with Gasteiger partial charge in [-0.15, -0.1) is 0 Å². The van der Waals surface area contributed by atoms with Crippen molar-refractivity contribution in [2.45, 2.75) is 50.7 Å². The summed E-state index contributed by atoms with van der Waals surface area (Å²) in [6.45, 7) is 5.23. The van der Waals surface area contributed by atoms with Crippen molar-refractivity contribution >= 4 is 5.91 Å². The molecule has 19 heavy (non-hydrogen) atoms. The minimum atomic E-state index is -0.721. The maximum Gasteiger partial charge on any atom is 0.235 e. The molecular formula is C14H23N3O2. The predicted molar refractivity (Wildman–Crippen MR) is 71.2 cm³/mol. The van der Waals surface area contributed by atoms with Crippen LogP contribution in [-0.2, 0) is 4.79 Å². The summed E-state index contributed by atoms with van der Waals surface area (Å²) in [4.78, 5) is 13.9. The number of carbonyl (C=O) groups excluding carboxylic acids is 1. The Kier molecular flexibility index (Phi) is 3.84. The molecule has 1 aliphatic heterocycles. The smallest absolute Gasteiger partial charge is 0.235 e. The average molecular weight is 265 g/mol. The molecule has 1 aliphatic carbocycles. The molecule has 0 aromatic heterocycles. The molecule has 1 saturated carbocycles. The predicted octanol–water partition coefficient (Wildman–Crippen LogP) is 0.642. The lowest BCUT2D eigenvalue weighted by Crippen LogP contribution is -2.64. The molecule has 5 heteroatoms. The van der Waals surface area contributed by atoms with E-state index in [2.05, 4.69) is 11.4 Å². The minimum Gasteiger partial charge on any atom is -0.387 e. The Morgan fingerprint density at radius 1 is 1.58 bits per heavy atom. The summed E-state index contributed by atoms with van der Waals surface area (Å²) in [5, 5.41) is 22.1. The van der Waals surface area contributed by atoms with Crippen LogP contribution in [0.15, 0.2) is 0 Å². The van der Waals surface area contributed by atoms with Crippen LogP contribution in [0.2, 0.25) is 0 Å². The number of amides is 1. The van der Waals surface area contributed by atoms with E-state index < -0.39 is 11.1 Å². The van der Waals surface area contributed by atoms with Gasteiger partial charge in [-0.25, -0.2) is 0 Å². The Bertz CT molecular complexity index is 394. The lowest BCUT2D eigenvalue weighted by Gasteiger charge is -2.46. The van der Waals surface area contributed by atoms with Crippen molar-refractivity contribution in [1.82, 2.24) is 10.2 Å². The largest absolute Gasteiger partial charge is 0.387 e. The topological polar surface area (TPSA) is 76.4 Å². The highest BCUT2D eigenvalue weighted by atomic mass is 16.3. The second kappa shape index (κ2) is 5.10. The van der Waals surface area contributed by atoms with Gasteiger partial charge < -0.3 is 10.4 Å². The van der Waals surface area contributed by atoms with Crippen LogP contribution in [0.25, 0.3) is 0 Å². The number of β-amino-alcohol motifs (C(OH)–C–C–N with tert-alkyl or cyclic N) is 1. The normalized spacial score (nSPS) is 24.9. The monoisotopic (exact) mass is 265 g/mol. The van der Waals surface area contributed by atoms with E-state index in [-0.39, 0.29) is 12.5 Å². The molecule has 0 aromatic rings. The standard InChI is InChI=1S/C14H23N3O2/c1-3-6-14(19)9-17(10-14)7-12(18)16-13(2,8-15)11-4-5-11/h11,19H,3-7,9-10H2,1-2H3,(H,16,18). The summed E-state index contributed by atoms with van der Waals surface area (Å²) in [7, 11) is 0. The van der Waals surface area contributed by atoms with Crippen LogP contribution >= 0.6 is 0 Å². The lowest BCUT2D eigenvalue weighted by molar-refractivity contribution is -0.134. The van der Waals surface area contributed by atoms with Crippen molar-refractivity contribution in [1.29, 1.82) is 5.26 Å². The summed E-state index contributed by atoms with van der Waals surface area (Å²) in [5.74, 6) is 0.185. The number of hydrogen-bond donors (Lipinski definition) is 2. The number of hydrogen-bond acceptors (Lipinski definition) is 4. The molecule has 2 N–H and O–H groups in total. The maximum atomic E-state index is 11.9. The van der Waals surface area contributed by atoms with Crippen LogP contribution in [0.1, 0.15) is 39.5 Å². The van der Waals surface area contributed by atoms with Gasteiger partial charge >= 0.3 is 0 Å². The van der Waals surface area contributed by atoms with Gasteiger partial charge in [-0.3, -0.25) is 9.69 Å². The van der Waals surface area contributed by atoms with Crippen molar-refractivity contribution in [2.75, 3.05) is 19.6 Å². The van der Waals surface area contributed by atoms with E-state index in [1.54, 1.807) is 6.92 Å². The van der Waals surface area contributed by atoms with E-state index >= 15 is 0 Å². The van der Waals surface area contributed by atoms with Crippen molar-refractivity contribution in [3.8, 4) is 6.07 Å². The maximum absolute atomic E-state index is 11.9. The number of aliphatic hydroxyl groups is 1. The van der Waals surface area contributed by atoms with Crippen molar-refractivity contribution in [3.63, 3.8) is 0 Å². The van der Waals surface area contributed by atoms with E-state index in [1.807, 2.05) is 11.8 Å². The van der Waals surface area contributed by atoms with Gasteiger partial charge in [0.05, 0.1) is 18.2 Å². The molecule has 0 radical (unpaired) electrons. The zero-order valence-corrected chi connectivity index (χ0v) is 11.8. The summed E-state index contributed by atoms with van der Waals surface area (Å²) in [5.41, 5.74) is -1.33. The summed E-state index contributed by atoms with van der Waals surface area (Å²) in [6, 6.07) is 2.22. The molecule has 0 spiro atoms. The van der Waals surface area contributed by atoms with E-state index in [9.17, 15) is 15.2 Å². The first kappa shape index (κ1) is 14.3. The van der Waals surface area contributed by atoms with E-state index in [0.29, 0.717) is 19.0 Å². The number of nitrogens with zero attached hydrogens (tertiary/aromatic N) is 2. The molecule has 1 unspecified atom stereocenters. The molecule has 1 atom stereocenters. The Morgan fingerprint density at radius 3 is 2.68 bits per heavy atom. The molecule has 106 valence electrons. The van der Waals surface area contributed by atoms with E-state index in [0.717, 1.165) is 25.7 Å². The molecule has 1 amide bonds. The minimum absolute atomic E-state index is 0.116. The van der Waals surface area contributed by atoms with Crippen LogP contribution in [0.4, 0.5) is 0 Å². The third-order valence-corrected chi connectivity index (χ3v) is 4.14. The average Bonchev–Trinajstić information content (AvgIpc) is 3.11. The van der Waals surface area contributed by atoms with Gasteiger partial charge in [-0.05, 0) is 32.1 Å². The van der Waals surface area contributed by atoms with E-state index in [1.165, 1.54) is 0 Å². The number of nitrogens with one attached hydrogen (secondary N) is 1. The first-order valence-corrected chi connectivity index (χ1v) is 7.08. The number of nitriles is 1. The molecule has 1 heterocycles. The molecule has 1 saturated heterocycles. The fourth-order valence-corrected chi connectivity index (χ4v) is 2.94. The van der Waals surface area contributed by atoms with Crippen molar-refractivity contribution in [3.05, 3.63) is 0 Å². The molecule has 5 nitrogen and oxygen atoms in total. The Hall–Kier alpha value is -1.12. The van der Waals surface area contributed by atoms with Gasteiger partial charge in [0.2, 0.25) is 5.91 Å². The second-order valence-corrected chi connectivity index (χ2v) is 6.26. The first-order chi connectivity index (χ1) is 8.91. The summed E-state index contributed by atoms with van der Waals surface area (Å²) >= 11 is 0. The van der Waals surface area contributed by atoms with Crippen LogP contribution in [0, 0.1) is 17.2 Å². The lowest BCUT2D eigenvalue weighted by atomic mass is 9.89. The molecule has 0 aromatic carbocycles. The molecule has 0 bridgehead atoms. The fraction of sp³-hybridized carbons (Fsp3) is 0.857. The van der Waals surface area contributed by atoms with Gasteiger partial charge in [-0.1, -0.05) is 13.3 Å². The van der Waals surface area contributed by atoms with Crippen LogP contribution in [0.3, 0.4) is 0 Å². The molecular weight excluding hydrogens is 242 g/mol. The van der Waals surface area contributed by atoms with Crippen LogP contribution in [0.5, 0.6) is 0 Å². The van der Waals surface area contributed by atoms with Crippen LogP contribution < -0.4 is 5.32 Å². The van der Waals surface area contributed by atoms with Gasteiger partial charge in [0.25, 0.3) is 0 Å². The molecule has 2 rings (SSSR count). The molecule has 2 fully saturated rings. The van der Waals surface area contributed by atoms with Gasteiger partial charge in [0.1, 0.15) is 5.54 Å². The third-order valence-electron chi connectivity index (χ3n) is 4.14. The van der Waals surface area contributed by atoms with Crippen LogP contribution in [-0.4, -0.2) is 46.7 Å². The second-order valence-electron chi connectivity index (χ2n) is 6.26. The zero-order chi connectivity index (χ0) is 14.1. The third kappa shape index (κ3) is 3.26. The number of likely N-dealkylation sites (tertiary alicyclic amines) is 1. The highest BCUT2D eigenvalue weighted by Gasteiger charge is 2.44.